The van der Waals surface area contributed by atoms with Gasteiger partial charge in [-0.15, -0.1) is 0 Å². The van der Waals surface area contributed by atoms with Crippen molar-refractivity contribution in [2.75, 3.05) is 7.11 Å². The van der Waals surface area contributed by atoms with Gasteiger partial charge in [0.1, 0.15) is 0 Å². The van der Waals surface area contributed by atoms with E-state index in [1.807, 2.05) is 0 Å². The fourth-order valence-corrected chi connectivity index (χ4v) is 0.871. The molecule has 0 spiro atoms. The molecule has 0 fully saturated rings. The number of carbonyl (C=O) groups excluding carboxylic acids is 1. The molecule has 0 aromatic rings. The molecule has 2 N–H and O–H groups in total. The van der Waals surface area contributed by atoms with Crippen LogP contribution in [-0.4, -0.2) is 36.7 Å². The first-order valence-electron chi connectivity index (χ1n) is 3.94. The number of nitrogens with two attached hydrogens (primary N) is 1. The van der Waals surface area contributed by atoms with Gasteiger partial charge in [0.15, 0.2) is 11.9 Å². The first-order valence-corrected chi connectivity index (χ1v) is 3.94. The molecule has 0 aromatic carbocycles. The van der Waals surface area contributed by atoms with Gasteiger partial charge in [-0.3, -0.25) is 4.79 Å². The summed E-state index contributed by atoms with van der Waals surface area (Å²) in [4.78, 5) is 18.9. The van der Waals surface area contributed by atoms with Gasteiger partial charge in [0, 0.05) is 13.3 Å². The summed E-state index contributed by atoms with van der Waals surface area (Å²) in [6.07, 6.45) is 0.755. The number of nitrogens with zero attached hydrogens (tertiary/aromatic N) is 2. The Kier molecular flexibility index (Phi) is 2.58. The number of rotatable bonds is 2. The smallest absolute Gasteiger partial charge is 0.282 e. The minimum Gasteiger partial charge on any atom is -0.366 e. The second-order valence-corrected chi connectivity index (χ2v) is 3.43. The van der Waals surface area contributed by atoms with Gasteiger partial charge in [-0.25, -0.2) is 4.99 Å². The van der Waals surface area contributed by atoms with E-state index in [-0.39, 0.29) is 5.91 Å². The molecule has 1 rings (SSSR count). The normalized spacial score (nSPS) is 23.2. The maximum absolute atomic E-state index is 11.2. The number of aliphatic imine (C=N–C) groups is 2. The summed E-state index contributed by atoms with van der Waals surface area (Å²) in [6.45, 7) is 3.48. The summed E-state index contributed by atoms with van der Waals surface area (Å²) in [5, 5.41) is 0. The Labute approximate surface area is 76.7 Å². The van der Waals surface area contributed by atoms with Crippen molar-refractivity contribution in [1.29, 1.82) is 0 Å². The predicted octanol–water partition coefficient (Wildman–Crippen LogP) is -0.252. The van der Waals surface area contributed by atoms with E-state index in [4.69, 9.17) is 10.5 Å². The van der Waals surface area contributed by atoms with Crippen molar-refractivity contribution in [1.82, 2.24) is 0 Å². The highest BCUT2D eigenvalue weighted by molar-refractivity contribution is 6.13. The Morgan fingerprint density at radius 1 is 1.62 bits per heavy atom. The number of carbonyl (C=O) groups is 1. The minimum absolute atomic E-state index is 0.339. The molecule has 0 saturated carbocycles. The van der Waals surface area contributed by atoms with E-state index in [1.165, 1.54) is 13.3 Å². The van der Waals surface area contributed by atoms with E-state index < -0.39 is 11.6 Å². The van der Waals surface area contributed by atoms with E-state index in [0.29, 0.717) is 5.84 Å². The summed E-state index contributed by atoms with van der Waals surface area (Å²) in [7, 11) is 1.43. The van der Waals surface area contributed by atoms with Gasteiger partial charge in [0.05, 0.1) is 5.54 Å². The van der Waals surface area contributed by atoms with Crippen molar-refractivity contribution < 1.29 is 9.53 Å². The Balaban J connectivity index is 2.86. The lowest BCUT2D eigenvalue weighted by Crippen LogP contribution is -2.44. The summed E-state index contributed by atoms with van der Waals surface area (Å²) in [5.41, 5.74) is 5.03. The van der Waals surface area contributed by atoms with Gasteiger partial charge < -0.3 is 10.5 Å². The SMILES string of the molecule is COC1C=NC(C(C)(C)N)=NC1=O. The molecule has 72 valence electrons. The fraction of sp³-hybridized carbons (Fsp3) is 0.625. The predicted molar refractivity (Wildman–Crippen MR) is 50.0 cm³/mol. The highest BCUT2D eigenvalue weighted by atomic mass is 16.5. The fourth-order valence-electron chi connectivity index (χ4n) is 0.871. The van der Waals surface area contributed by atoms with E-state index in [9.17, 15) is 4.79 Å². The largest absolute Gasteiger partial charge is 0.366 e. The first-order chi connectivity index (χ1) is 5.95. The number of amidine groups is 1. The lowest BCUT2D eigenvalue weighted by molar-refractivity contribution is -0.123. The van der Waals surface area contributed by atoms with Gasteiger partial charge >= 0.3 is 0 Å². The summed E-state index contributed by atoms with van der Waals surface area (Å²) in [6, 6.07) is 0. The maximum Gasteiger partial charge on any atom is 0.282 e. The van der Waals surface area contributed by atoms with Crippen LogP contribution in [0.1, 0.15) is 13.8 Å². The van der Waals surface area contributed by atoms with Crippen molar-refractivity contribution in [3.05, 3.63) is 0 Å². The number of hydrogen-bond donors (Lipinski definition) is 1. The van der Waals surface area contributed by atoms with Crippen LogP contribution >= 0.6 is 0 Å². The lowest BCUT2D eigenvalue weighted by atomic mass is 10.1. The molecule has 13 heavy (non-hydrogen) atoms. The van der Waals surface area contributed by atoms with Crippen LogP contribution in [0.5, 0.6) is 0 Å². The molecule has 0 radical (unpaired) electrons. The molecule has 0 saturated heterocycles. The van der Waals surface area contributed by atoms with Crippen LogP contribution in [-0.2, 0) is 9.53 Å². The minimum atomic E-state index is -0.690. The van der Waals surface area contributed by atoms with E-state index in [1.54, 1.807) is 13.8 Å². The third-order valence-corrected chi connectivity index (χ3v) is 1.62. The van der Waals surface area contributed by atoms with Crippen molar-refractivity contribution in [2.24, 2.45) is 15.7 Å². The summed E-state index contributed by atoms with van der Waals surface area (Å²) >= 11 is 0. The van der Waals surface area contributed by atoms with Crippen LogP contribution in [0.15, 0.2) is 9.98 Å². The third kappa shape index (κ3) is 2.19. The number of hydrogen-bond acceptors (Lipinski definition) is 4. The highest BCUT2D eigenvalue weighted by Crippen LogP contribution is 2.08. The van der Waals surface area contributed by atoms with Gasteiger partial charge in [-0.2, -0.15) is 4.99 Å². The number of amides is 1. The molecular weight excluding hydrogens is 170 g/mol. The van der Waals surface area contributed by atoms with Crippen LogP contribution in [0.2, 0.25) is 0 Å². The van der Waals surface area contributed by atoms with Gasteiger partial charge in [-0.1, -0.05) is 0 Å². The topological polar surface area (TPSA) is 77.0 Å². The number of ether oxygens (including phenoxy) is 1. The van der Waals surface area contributed by atoms with Crippen molar-refractivity contribution in [2.45, 2.75) is 25.5 Å². The molecule has 5 nitrogen and oxygen atoms in total. The number of methoxy groups -OCH3 is 1. The second kappa shape index (κ2) is 3.35. The zero-order chi connectivity index (χ0) is 10.1. The van der Waals surface area contributed by atoms with Gasteiger partial charge in [0.25, 0.3) is 5.91 Å². The van der Waals surface area contributed by atoms with Crippen LogP contribution in [0.25, 0.3) is 0 Å². The molecule has 0 aromatic heterocycles. The molecule has 1 aliphatic rings. The molecule has 1 aliphatic heterocycles. The van der Waals surface area contributed by atoms with E-state index in [2.05, 4.69) is 9.98 Å². The summed E-state index contributed by atoms with van der Waals surface area (Å²) < 4.78 is 4.82. The average Bonchev–Trinajstić information content (AvgIpc) is 2.02. The molecule has 1 heterocycles. The lowest BCUT2D eigenvalue weighted by Gasteiger charge is -2.21. The average molecular weight is 183 g/mol. The molecule has 0 bridgehead atoms. The molecule has 1 amide bonds. The van der Waals surface area contributed by atoms with E-state index in [0.717, 1.165) is 0 Å². The second-order valence-electron chi connectivity index (χ2n) is 3.43. The quantitative estimate of drug-likeness (QED) is 0.641. The van der Waals surface area contributed by atoms with Crippen LogP contribution in [0.4, 0.5) is 0 Å². The maximum atomic E-state index is 11.2. The standard InChI is InChI=1S/C8H13N3O2/c1-8(2,9)7-10-4-5(13-3)6(12)11-7/h4-5H,9H2,1-3H3. The third-order valence-electron chi connectivity index (χ3n) is 1.62. The van der Waals surface area contributed by atoms with E-state index >= 15 is 0 Å². The molecule has 1 unspecified atom stereocenters. The Bertz CT molecular complexity index is 276. The van der Waals surface area contributed by atoms with Crippen LogP contribution in [0.3, 0.4) is 0 Å². The first kappa shape index (κ1) is 10.0. The Morgan fingerprint density at radius 2 is 2.23 bits per heavy atom. The Hall–Kier alpha value is -1.07. The van der Waals surface area contributed by atoms with Gasteiger partial charge in [0.2, 0.25) is 0 Å². The van der Waals surface area contributed by atoms with Crippen LogP contribution < -0.4 is 5.73 Å². The van der Waals surface area contributed by atoms with Crippen molar-refractivity contribution >= 4 is 18.0 Å². The molecule has 0 aliphatic carbocycles. The summed E-state index contributed by atoms with van der Waals surface area (Å²) in [5.74, 6) is -0.0168. The van der Waals surface area contributed by atoms with Crippen molar-refractivity contribution in [3.63, 3.8) is 0 Å². The Morgan fingerprint density at radius 3 is 2.62 bits per heavy atom. The monoisotopic (exact) mass is 183 g/mol. The van der Waals surface area contributed by atoms with Gasteiger partial charge in [-0.05, 0) is 13.8 Å². The highest BCUT2D eigenvalue weighted by Gasteiger charge is 2.26. The zero-order valence-electron chi connectivity index (χ0n) is 7.94. The molecule has 1 atom stereocenters. The molecular formula is C8H13N3O2. The molecule has 5 heteroatoms. The zero-order valence-corrected chi connectivity index (χ0v) is 7.94. The van der Waals surface area contributed by atoms with Crippen molar-refractivity contribution in [3.8, 4) is 0 Å². The van der Waals surface area contributed by atoms with Crippen LogP contribution in [0, 0.1) is 0 Å².